The van der Waals surface area contributed by atoms with Gasteiger partial charge in [-0.3, -0.25) is 0 Å². The standard InChI is InChI=1S/C20H15NO4/c1-12-6-7-15-14(10-19(22)25-18(15)8-12)11-24-20(23)17-9-13-4-2-3-5-16(13)21-17/h2-10,21H,11H2,1H3. The average molecular weight is 333 g/mol. The summed E-state index contributed by atoms with van der Waals surface area (Å²) >= 11 is 0. The fourth-order valence-corrected chi connectivity index (χ4v) is 2.86. The van der Waals surface area contributed by atoms with E-state index in [1.165, 1.54) is 6.07 Å². The summed E-state index contributed by atoms with van der Waals surface area (Å²) in [7, 11) is 0. The van der Waals surface area contributed by atoms with Crippen LogP contribution in [0, 0.1) is 6.92 Å². The third kappa shape index (κ3) is 2.92. The number of aromatic nitrogens is 1. The number of carbonyl (C=O) groups is 1. The quantitative estimate of drug-likeness (QED) is 0.455. The number of rotatable bonds is 3. The molecular formula is C20H15NO4. The van der Waals surface area contributed by atoms with E-state index in [0.717, 1.165) is 21.9 Å². The predicted octanol–water partition coefficient (Wildman–Crippen LogP) is 3.94. The Morgan fingerprint density at radius 2 is 1.96 bits per heavy atom. The Labute approximate surface area is 142 Å². The van der Waals surface area contributed by atoms with Gasteiger partial charge in [-0.25, -0.2) is 9.59 Å². The maximum atomic E-state index is 12.3. The van der Waals surface area contributed by atoms with E-state index in [0.29, 0.717) is 16.8 Å². The lowest BCUT2D eigenvalue weighted by atomic mass is 10.1. The van der Waals surface area contributed by atoms with Gasteiger partial charge in [0.25, 0.3) is 0 Å². The Balaban J connectivity index is 1.61. The van der Waals surface area contributed by atoms with Crippen LogP contribution in [0.2, 0.25) is 0 Å². The Morgan fingerprint density at radius 1 is 1.12 bits per heavy atom. The van der Waals surface area contributed by atoms with E-state index >= 15 is 0 Å². The van der Waals surface area contributed by atoms with Gasteiger partial charge in [0.2, 0.25) is 0 Å². The van der Waals surface area contributed by atoms with Crippen LogP contribution in [0.1, 0.15) is 21.6 Å². The number of fused-ring (bicyclic) bond motifs is 2. The molecular weight excluding hydrogens is 318 g/mol. The third-order valence-electron chi connectivity index (χ3n) is 4.09. The van der Waals surface area contributed by atoms with Gasteiger partial charge in [-0.2, -0.15) is 0 Å². The summed E-state index contributed by atoms with van der Waals surface area (Å²) in [6, 6.07) is 16.3. The van der Waals surface area contributed by atoms with Crippen molar-refractivity contribution in [2.75, 3.05) is 0 Å². The monoisotopic (exact) mass is 333 g/mol. The first-order chi connectivity index (χ1) is 12.1. The van der Waals surface area contributed by atoms with E-state index in [4.69, 9.17) is 9.15 Å². The molecule has 0 saturated heterocycles. The van der Waals surface area contributed by atoms with Gasteiger partial charge in [-0.1, -0.05) is 30.3 Å². The normalized spacial score (nSPS) is 11.1. The minimum atomic E-state index is -0.468. The molecule has 2 aromatic heterocycles. The van der Waals surface area contributed by atoms with Crippen molar-refractivity contribution in [2.24, 2.45) is 0 Å². The molecule has 2 heterocycles. The zero-order valence-electron chi connectivity index (χ0n) is 13.5. The van der Waals surface area contributed by atoms with E-state index in [2.05, 4.69) is 4.98 Å². The molecule has 5 nitrogen and oxygen atoms in total. The molecule has 4 rings (SSSR count). The summed E-state index contributed by atoms with van der Waals surface area (Å²) in [6.45, 7) is 1.92. The first-order valence-corrected chi connectivity index (χ1v) is 7.88. The fraction of sp³-hybridized carbons (Fsp3) is 0.100. The highest BCUT2D eigenvalue weighted by Crippen LogP contribution is 2.20. The molecule has 0 radical (unpaired) electrons. The average Bonchev–Trinajstić information content (AvgIpc) is 3.03. The van der Waals surface area contributed by atoms with Crippen molar-refractivity contribution in [2.45, 2.75) is 13.5 Å². The van der Waals surface area contributed by atoms with Gasteiger partial charge in [-0.15, -0.1) is 0 Å². The zero-order valence-corrected chi connectivity index (χ0v) is 13.5. The lowest BCUT2D eigenvalue weighted by Crippen LogP contribution is -2.08. The minimum Gasteiger partial charge on any atom is -0.456 e. The summed E-state index contributed by atoms with van der Waals surface area (Å²) in [4.78, 5) is 27.1. The van der Waals surface area contributed by atoms with Crippen molar-refractivity contribution in [1.82, 2.24) is 4.98 Å². The molecule has 0 atom stereocenters. The first-order valence-electron chi connectivity index (χ1n) is 7.88. The molecule has 2 aromatic carbocycles. The Hall–Kier alpha value is -3.34. The molecule has 0 spiro atoms. The fourth-order valence-electron chi connectivity index (χ4n) is 2.86. The van der Waals surface area contributed by atoms with Crippen molar-refractivity contribution < 1.29 is 13.9 Å². The number of H-pyrrole nitrogens is 1. The second kappa shape index (κ2) is 5.94. The second-order valence-corrected chi connectivity index (χ2v) is 5.94. The summed E-state index contributed by atoms with van der Waals surface area (Å²) < 4.78 is 10.6. The Bertz CT molecular complexity index is 1120. The van der Waals surface area contributed by atoms with E-state index in [9.17, 15) is 9.59 Å². The van der Waals surface area contributed by atoms with Crippen molar-refractivity contribution in [3.8, 4) is 0 Å². The molecule has 0 saturated carbocycles. The number of hydrogen-bond donors (Lipinski definition) is 1. The molecule has 124 valence electrons. The molecule has 1 N–H and O–H groups in total. The molecule has 0 bridgehead atoms. The number of esters is 1. The lowest BCUT2D eigenvalue weighted by Gasteiger charge is -2.07. The van der Waals surface area contributed by atoms with Crippen molar-refractivity contribution in [3.05, 3.63) is 81.8 Å². The topological polar surface area (TPSA) is 72.3 Å². The van der Waals surface area contributed by atoms with Crippen LogP contribution in [0.5, 0.6) is 0 Å². The third-order valence-corrected chi connectivity index (χ3v) is 4.09. The lowest BCUT2D eigenvalue weighted by molar-refractivity contribution is 0.0468. The molecule has 4 aromatic rings. The summed E-state index contributed by atoms with van der Waals surface area (Å²) in [6.07, 6.45) is 0. The van der Waals surface area contributed by atoms with Crippen LogP contribution in [0.25, 0.3) is 21.9 Å². The number of aromatic amines is 1. The van der Waals surface area contributed by atoms with Crippen LogP contribution in [-0.4, -0.2) is 11.0 Å². The molecule has 0 fully saturated rings. The smallest absolute Gasteiger partial charge is 0.355 e. The van der Waals surface area contributed by atoms with Crippen molar-refractivity contribution >= 4 is 27.8 Å². The van der Waals surface area contributed by atoms with Crippen molar-refractivity contribution in [3.63, 3.8) is 0 Å². The molecule has 0 aliphatic rings. The maximum absolute atomic E-state index is 12.3. The van der Waals surface area contributed by atoms with Gasteiger partial charge >= 0.3 is 11.6 Å². The van der Waals surface area contributed by atoms with Gasteiger partial charge in [-0.05, 0) is 30.7 Å². The van der Waals surface area contributed by atoms with Gasteiger partial charge in [0, 0.05) is 27.9 Å². The molecule has 0 unspecified atom stereocenters. The first kappa shape index (κ1) is 15.2. The second-order valence-electron chi connectivity index (χ2n) is 5.94. The van der Waals surface area contributed by atoms with E-state index in [1.807, 2.05) is 43.3 Å². The highest BCUT2D eigenvalue weighted by molar-refractivity contribution is 5.94. The van der Waals surface area contributed by atoms with Gasteiger partial charge in [0.05, 0.1) is 0 Å². The number of aryl methyl sites for hydroxylation is 1. The Kier molecular flexibility index (Phi) is 3.61. The molecule has 0 amide bonds. The summed E-state index contributed by atoms with van der Waals surface area (Å²) in [5.41, 5.74) is 2.89. The van der Waals surface area contributed by atoms with E-state index in [-0.39, 0.29) is 6.61 Å². The SMILES string of the molecule is Cc1ccc2c(COC(=O)c3cc4ccccc4[nH]3)cc(=O)oc2c1. The van der Waals surface area contributed by atoms with E-state index in [1.54, 1.807) is 12.1 Å². The van der Waals surface area contributed by atoms with Gasteiger partial charge in [0.15, 0.2) is 0 Å². The predicted molar refractivity (Wildman–Crippen MR) is 94.6 cm³/mol. The number of benzene rings is 2. The maximum Gasteiger partial charge on any atom is 0.355 e. The Morgan fingerprint density at radius 3 is 2.80 bits per heavy atom. The van der Waals surface area contributed by atoms with Crippen LogP contribution in [0.4, 0.5) is 0 Å². The van der Waals surface area contributed by atoms with E-state index < -0.39 is 11.6 Å². The number of nitrogens with one attached hydrogen (secondary N) is 1. The number of ether oxygens (including phenoxy) is 1. The van der Waals surface area contributed by atoms with Gasteiger partial charge in [0.1, 0.15) is 17.9 Å². The highest BCUT2D eigenvalue weighted by Gasteiger charge is 2.13. The molecule has 0 aliphatic heterocycles. The number of carbonyl (C=O) groups excluding carboxylic acids is 1. The molecule has 5 heteroatoms. The number of hydrogen-bond acceptors (Lipinski definition) is 4. The van der Waals surface area contributed by atoms with Crippen LogP contribution < -0.4 is 5.63 Å². The van der Waals surface area contributed by atoms with Crippen LogP contribution >= 0.6 is 0 Å². The summed E-state index contributed by atoms with van der Waals surface area (Å²) in [5.74, 6) is -0.468. The highest BCUT2D eigenvalue weighted by atomic mass is 16.5. The zero-order chi connectivity index (χ0) is 17.4. The van der Waals surface area contributed by atoms with Crippen molar-refractivity contribution in [1.29, 1.82) is 0 Å². The van der Waals surface area contributed by atoms with Crippen LogP contribution in [0.15, 0.2) is 63.8 Å². The van der Waals surface area contributed by atoms with Crippen LogP contribution in [0.3, 0.4) is 0 Å². The summed E-state index contributed by atoms with van der Waals surface area (Å²) in [5, 5.41) is 1.70. The number of para-hydroxylation sites is 1. The molecule has 0 aliphatic carbocycles. The minimum absolute atomic E-state index is 0.000635. The van der Waals surface area contributed by atoms with Crippen LogP contribution in [-0.2, 0) is 11.3 Å². The van der Waals surface area contributed by atoms with Gasteiger partial charge < -0.3 is 14.1 Å². The molecule has 25 heavy (non-hydrogen) atoms. The largest absolute Gasteiger partial charge is 0.456 e.